The van der Waals surface area contributed by atoms with Crippen LogP contribution in [0.3, 0.4) is 0 Å². The number of carboxylic acids is 1. The molecule has 0 aromatic rings. The number of carboxylic acid groups (broad SMARTS) is 1. The van der Waals surface area contributed by atoms with Gasteiger partial charge in [0.2, 0.25) is 0 Å². The second kappa shape index (κ2) is 2.57. The highest BCUT2D eigenvalue weighted by atomic mass is 16.4. The van der Waals surface area contributed by atoms with Crippen molar-refractivity contribution in [2.75, 3.05) is 0 Å². The van der Waals surface area contributed by atoms with Crippen LogP contribution in [0, 0.1) is 0 Å². The molecule has 1 aliphatic rings. The highest BCUT2D eigenvalue weighted by Crippen LogP contribution is 2.02. The zero-order valence-corrected chi connectivity index (χ0v) is 5.57. The number of nitrogens with two attached hydrogens (primary N) is 1. The van der Waals surface area contributed by atoms with Gasteiger partial charge in [-0.3, -0.25) is 14.9 Å². The normalized spacial score (nSPS) is 22.7. The first-order chi connectivity index (χ1) is 5.09. The Morgan fingerprint density at radius 2 is 2.45 bits per heavy atom. The van der Waals surface area contributed by atoms with Crippen LogP contribution in [-0.4, -0.2) is 29.0 Å². The van der Waals surface area contributed by atoms with Crippen LogP contribution in [0.5, 0.6) is 0 Å². The van der Waals surface area contributed by atoms with E-state index in [1.807, 2.05) is 0 Å². The molecule has 1 aliphatic heterocycles. The first-order valence-corrected chi connectivity index (χ1v) is 2.95. The molecule has 1 unspecified atom stereocenters. The van der Waals surface area contributed by atoms with Crippen molar-refractivity contribution in [1.29, 1.82) is 0 Å². The average Bonchev–Trinajstić information content (AvgIpc) is 2.09. The van der Waals surface area contributed by atoms with Crippen molar-refractivity contribution in [3.63, 3.8) is 0 Å². The Labute approximate surface area is 62.1 Å². The second-order valence-electron chi connectivity index (χ2n) is 2.12. The van der Waals surface area contributed by atoms with E-state index >= 15 is 0 Å². The lowest BCUT2D eigenvalue weighted by atomic mass is 10.2. The number of hydrogen-bond donors (Lipinski definition) is 3. The van der Waals surface area contributed by atoms with E-state index in [0.717, 1.165) is 0 Å². The third kappa shape index (κ3) is 1.66. The van der Waals surface area contributed by atoms with Gasteiger partial charge in [-0.05, 0) is 0 Å². The lowest BCUT2D eigenvalue weighted by Gasteiger charge is -1.97. The zero-order chi connectivity index (χ0) is 8.43. The van der Waals surface area contributed by atoms with Gasteiger partial charge in [-0.25, -0.2) is 4.99 Å². The Balaban J connectivity index is 2.59. The van der Waals surface area contributed by atoms with E-state index in [4.69, 9.17) is 10.8 Å². The zero-order valence-electron chi connectivity index (χ0n) is 5.57. The maximum atomic E-state index is 10.8. The fourth-order valence-corrected chi connectivity index (χ4v) is 0.772. The quantitative estimate of drug-likeness (QED) is 0.443. The number of amides is 1. The van der Waals surface area contributed by atoms with Crippen LogP contribution in [-0.2, 0) is 9.59 Å². The lowest BCUT2D eigenvalue weighted by Crippen LogP contribution is -2.33. The van der Waals surface area contributed by atoms with Crippen LogP contribution in [0.1, 0.15) is 6.42 Å². The van der Waals surface area contributed by atoms with Crippen LogP contribution in [0.25, 0.3) is 0 Å². The minimum atomic E-state index is -1.07. The number of aliphatic imine (C=N–C) groups is 1. The molecule has 0 saturated heterocycles. The molecule has 1 rings (SSSR count). The molecule has 1 heterocycles. The Kier molecular flexibility index (Phi) is 1.75. The van der Waals surface area contributed by atoms with Gasteiger partial charge in [0.05, 0.1) is 6.42 Å². The maximum Gasteiger partial charge on any atom is 0.306 e. The first-order valence-electron chi connectivity index (χ1n) is 2.95. The molecule has 0 aromatic carbocycles. The third-order valence-corrected chi connectivity index (χ3v) is 1.22. The van der Waals surface area contributed by atoms with E-state index < -0.39 is 17.9 Å². The Bertz CT molecular complexity index is 235. The standard InChI is InChI=1S/C5H7N3O3/c6-5-7-2(1-3(9)10)4(11)8-5/h2H,1H2,(H,9,10)(H3,6,7,8,11). The summed E-state index contributed by atoms with van der Waals surface area (Å²) in [7, 11) is 0. The van der Waals surface area contributed by atoms with Gasteiger partial charge in [-0.1, -0.05) is 0 Å². The molecule has 0 radical (unpaired) electrons. The maximum absolute atomic E-state index is 10.8. The van der Waals surface area contributed by atoms with Crippen LogP contribution in [0.4, 0.5) is 0 Å². The third-order valence-electron chi connectivity index (χ3n) is 1.22. The molecule has 0 aromatic heterocycles. The molecule has 0 aliphatic carbocycles. The van der Waals surface area contributed by atoms with Crippen molar-refractivity contribution < 1.29 is 14.7 Å². The van der Waals surface area contributed by atoms with Gasteiger partial charge in [-0.15, -0.1) is 0 Å². The smallest absolute Gasteiger partial charge is 0.306 e. The number of carbonyl (C=O) groups is 2. The molecule has 4 N–H and O–H groups in total. The lowest BCUT2D eigenvalue weighted by molar-refractivity contribution is -0.139. The molecular formula is C5H7N3O3. The summed E-state index contributed by atoms with van der Waals surface area (Å²) in [5, 5.41) is 10.5. The highest BCUT2D eigenvalue weighted by Gasteiger charge is 2.26. The predicted octanol–water partition coefficient (Wildman–Crippen LogP) is -1.73. The largest absolute Gasteiger partial charge is 0.481 e. The number of rotatable bonds is 2. The molecule has 0 saturated carbocycles. The topological polar surface area (TPSA) is 105 Å². The second-order valence-corrected chi connectivity index (χ2v) is 2.12. The van der Waals surface area contributed by atoms with Gasteiger partial charge in [0.1, 0.15) is 6.04 Å². The molecule has 6 heteroatoms. The molecule has 11 heavy (non-hydrogen) atoms. The van der Waals surface area contributed by atoms with Crippen LogP contribution in [0.15, 0.2) is 4.99 Å². The van der Waals surface area contributed by atoms with Gasteiger partial charge in [0, 0.05) is 0 Å². The Hall–Kier alpha value is -1.59. The van der Waals surface area contributed by atoms with E-state index in [-0.39, 0.29) is 12.4 Å². The number of hydrogen-bond acceptors (Lipinski definition) is 4. The van der Waals surface area contributed by atoms with Crippen molar-refractivity contribution in [3.8, 4) is 0 Å². The molecule has 1 atom stereocenters. The van der Waals surface area contributed by atoms with E-state index in [1.165, 1.54) is 0 Å². The number of guanidine groups is 1. The minimum absolute atomic E-state index is 0.0127. The molecule has 0 spiro atoms. The van der Waals surface area contributed by atoms with Crippen molar-refractivity contribution >= 4 is 17.8 Å². The fraction of sp³-hybridized carbons (Fsp3) is 0.400. The molecule has 6 nitrogen and oxygen atoms in total. The summed E-state index contributed by atoms with van der Waals surface area (Å²) in [6, 6.07) is -0.854. The Morgan fingerprint density at radius 3 is 2.82 bits per heavy atom. The molecule has 60 valence electrons. The minimum Gasteiger partial charge on any atom is -0.481 e. The summed E-state index contributed by atoms with van der Waals surface area (Å²) in [5.74, 6) is -1.53. The summed E-state index contributed by atoms with van der Waals surface area (Å²) < 4.78 is 0. The van der Waals surface area contributed by atoms with Crippen LogP contribution >= 0.6 is 0 Å². The highest BCUT2D eigenvalue weighted by molar-refractivity contribution is 6.05. The van der Waals surface area contributed by atoms with E-state index in [9.17, 15) is 9.59 Å². The SMILES string of the molecule is NC1=NC(CC(=O)O)C(=O)N1. The van der Waals surface area contributed by atoms with E-state index in [2.05, 4.69) is 10.3 Å². The van der Waals surface area contributed by atoms with Crippen molar-refractivity contribution in [3.05, 3.63) is 0 Å². The fourth-order valence-electron chi connectivity index (χ4n) is 0.772. The van der Waals surface area contributed by atoms with Gasteiger partial charge < -0.3 is 10.8 Å². The van der Waals surface area contributed by atoms with Gasteiger partial charge >= 0.3 is 5.97 Å². The number of nitrogens with one attached hydrogen (secondary N) is 1. The van der Waals surface area contributed by atoms with Gasteiger partial charge in [0.25, 0.3) is 5.91 Å². The van der Waals surface area contributed by atoms with Crippen LogP contribution in [0.2, 0.25) is 0 Å². The first kappa shape index (κ1) is 7.52. The van der Waals surface area contributed by atoms with E-state index in [1.54, 1.807) is 0 Å². The summed E-state index contributed by atoms with van der Waals surface area (Å²) in [5.41, 5.74) is 5.12. The molecule has 0 fully saturated rings. The predicted molar refractivity (Wildman–Crippen MR) is 35.8 cm³/mol. The monoisotopic (exact) mass is 157 g/mol. The van der Waals surface area contributed by atoms with Gasteiger partial charge in [0.15, 0.2) is 5.96 Å². The van der Waals surface area contributed by atoms with Crippen molar-refractivity contribution in [2.45, 2.75) is 12.5 Å². The number of nitrogens with zero attached hydrogens (tertiary/aromatic N) is 1. The summed E-state index contributed by atoms with van der Waals surface area (Å²) in [6.07, 6.45) is -0.313. The number of carbonyl (C=O) groups excluding carboxylic acids is 1. The van der Waals surface area contributed by atoms with Crippen molar-refractivity contribution in [1.82, 2.24) is 5.32 Å². The van der Waals surface area contributed by atoms with Crippen molar-refractivity contribution in [2.24, 2.45) is 10.7 Å². The molecule has 1 amide bonds. The van der Waals surface area contributed by atoms with Crippen LogP contribution < -0.4 is 11.1 Å². The summed E-state index contributed by atoms with van der Waals surface area (Å²) in [6.45, 7) is 0. The Morgan fingerprint density at radius 1 is 1.82 bits per heavy atom. The summed E-state index contributed by atoms with van der Waals surface area (Å²) in [4.78, 5) is 24.4. The van der Waals surface area contributed by atoms with E-state index in [0.29, 0.717) is 0 Å². The average molecular weight is 157 g/mol. The molecular weight excluding hydrogens is 150 g/mol. The number of aliphatic carboxylic acids is 1. The molecule has 0 bridgehead atoms. The van der Waals surface area contributed by atoms with Gasteiger partial charge in [-0.2, -0.15) is 0 Å². The summed E-state index contributed by atoms with van der Waals surface area (Å²) >= 11 is 0.